The van der Waals surface area contributed by atoms with Gasteiger partial charge in [0.05, 0.1) is 11.8 Å². The molecule has 0 aliphatic heterocycles. The van der Waals surface area contributed by atoms with E-state index in [1.807, 2.05) is 0 Å². The normalized spacial score (nSPS) is 9.94. The maximum atomic E-state index is 11.8. The number of rotatable bonds is 2. The van der Waals surface area contributed by atoms with Gasteiger partial charge in [0.2, 0.25) is 0 Å². The summed E-state index contributed by atoms with van der Waals surface area (Å²) in [7, 11) is 0. The summed E-state index contributed by atoms with van der Waals surface area (Å²) in [5.74, 6) is -0.512. The number of hydrogen-bond donors (Lipinski definition) is 1. The van der Waals surface area contributed by atoms with Crippen LogP contribution in [0.5, 0.6) is 0 Å². The number of hydrogen-bond acceptors (Lipinski definition) is 4. The van der Waals surface area contributed by atoms with Crippen LogP contribution in [-0.2, 0) is 0 Å². The first kappa shape index (κ1) is 11.3. The van der Waals surface area contributed by atoms with Crippen molar-refractivity contribution in [3.8, 4) is 0 Å². The Bertz CT molecular complexity index is 609. The Kier molecular flexibility index (Phi) is 3.20. The summed E-state index contributed by atoms with van der Waals surface area (Å²) in [4.78, 5) is 26.8. The summed E-state index contributed by atoms with van der Waals surface area (Å²) in [6.07, 6.45) is 2.70. The molecule has 2 aromatic rings. The topological polar surface area (TPSA) is 72.2 Å². The van der Waals surface area contributed by atoms with Gasteiger partial charge in [0.25, 0.3) is 5.91 Å². The van der Waals surface area contributed by atoms with Crippen molar-refractivity contribution in [2.75, 3.05) is 5.32 Å². The summed E-state index contributed by atoms with van der Waals surface area (Å²) in [6, 6.07) is 6.03. The van der Waals surface area contributed by atoms with Gasteiger partial charge in [0.1, 0.15) is 10.8 Å². The van der Waals surface area contributed by atoms with Crippen LogP contribution in [0.3, 0.4) is 0 Å². The van der Waals surface area contributed by atoms with Gasteiger partial charge in [0, 0.05) is 6.20 Å². The molecule has 0 unspecified atom stereocenters. The highest BCUT2D eigenvalue weighted by Crippen LogP contribution is 2.12. The zero-order valence-electron chi connectivity index (χ0n) is 8.51. The fraction of sp³-hybridized carbons (Fsp3) is 0. The molecule has 17 heavy (non-hydrogen) atoms. The van der Waals surface area contributed by atoms with E-state index in [2.05, 4.69) is 14.7 Å². The number of pyridine rings is 1. The molecular formula is C11H7ClN2O3. The van der Waals surface area contributed by atoms with Crippen LogP contribution >= 0.6 is 11.6 Å². The number of aromatic nitrogens is 1. The zero-order valence-corrected chi connectivity index (χ0v) is 9.27. The van der Waals surface area contributed by atoms with E-state index in [9.17, 15) is 9.59 Å². The minimum absolute atomic E-state index is 0.0532. The van der Waals surface area contributed by atoms with Crippen molar-refractivity contribution in [2.24, 2.45) is 0 Å². The average molecular weight is 251 g/mol. The Labute approximate surface area is 101 Å². The third-order valence-electron chi connectivity index (χ3n) is 1.99. The molecule has 0 aromatic carbocycles. The van der Waals surface area contributed by atoms with E-state index in [1.54, 1.807) is 6.07 Å². The van der Waals surface area contributed by atoms with Gasteiger partial charge in [-0.15, -0.1) is 0 Å². The Morgan fingerprint density at radius 3 is 2.88 bits per heavy atom. The number of nitrogens with one attached hydrogen (secondary N) is 1. The van der Waals surface area contributed by atoms with Gasteiger partial charge >= 0.3 is 5.63 Å². The van der Waals surface area contributed by atoms with Crippen LogP contribution in [0.15, 0.2) is 45.9 Å². The smallest absolute Gasteiger partial charge is 0.359 e. The monoisotopic (exact) mass is 250 g/mol. The summed E-state index contributed by atoms with van der Waals surface area (Å²) >= 11 is 5.75. The van der Waals surface area contributed by atoms with E-state index in [4.69, 9.17) is 11.6 Å². The lowest BCUT2D eigenvalue weighted by Gasteiger charge is -2.04. The van der Waals surface area contributed by atoms with Crippen molar-refractivity contribution in [1.29, 1.82) is 0 Å². The average Bonchev–Trinajstić information content (AvgIpc) is 2.32. The summed E-state index contributed by atoms with van der Waals surface area (Å²) in [5.41, 5.74) is -0.379. The van der Waals surface area contributed by atoms with E-state index in [-0.39, 0.29) is 16.4 Å². The predicted octanol–water partition coefficient (Wildman–Crippen LogP) is 1.94. The maximum absolute atomic E-state index is 11.8. The molecule has 2 heterocycles. The first-order valence-electron chi connectivity index (χ1n) is 4.68. The number of amides is 1. The SMILES string of the molecule is O=C(Nc1cccoc1=O)c1cccnc1Cl. The molecule has 5 nitrogen and oxygen atoms in total. The van der Waals surface area contributed by atoms with Gasteiger partial charge < -0.3 is 9.73 Å². The molecule has 0 aliphatic carbocycles. The number of carbonyl (C=O) groups is 1. The molecule has 0 fully saturated rings. The van der Waals surface area contributed by atoms with Gasteiger partial charge in [0.15, 0.2) is 0 Å². The lowest BCUT2D eigenvalue weighted by Crippen LogP contribution is -2.18. The Morgan fingerprint density at radius 2 is 2.18 bits per heavy atom. The molecule has 6 heteroatoms. The molecule has 2 aromatic heterocycles. The predicted molar refractivity (Wildman–Crippen MR) is 62.2 cm³/mol. The molecule has 0 radical (unpaired) electrons. The van der Waals surface area contributed by atoms with Gasteiger partial charge in [-0.2, -0.15) is 0 Å². The second-order valence-electron chi connectivity index (χ2n) is 3.11. The van der Waals surface area contributed by atoms with E-state index in [0.29, 0.717) is 0 Å². The fourth-order valence-electron chi connectivity index (χ4n) is 1.21. The summed E-state index contributed by atoms with van der Waals surface area (Å²) < 4.78 is 4.61. The second-order valence-corrected chi connectivity index (χ2v) is 3.47. The van der Waals surface area contributed by atoms with Crippen molar-refractivity contribution < 1.29 is 9.21 Å². The number of anilines is 1. The summed E-state index contributed by atoms with van der Waals surface area (Å²) in [6.45, 7) is 0. The van der Waals surface area contributed by atoms with Crippen molar-refractivity contribution in [2.45, 2.75) is 0 Å². The molecule has 1 amide bonds. The molecule has 0 spiro atoms. The molecule has 0 aliphatic rings. The Hall–Kier alpha value is -2.14. The molecule has 1 N–H and O–H groups in total. The Morgan fingerprint density at radius 1 is 1.35 bits per heavy atom. The largest absolute Gasteiger partial charge is 0.430 e. The molecule has 0 saturated carbocycles. The minimum atomic E-state index is -0.624. The highest BCUT2D eigenvalue weighted by molar-refractivity contribution is 6.33. The third kappa shape index (κ3) is 2.51. The van der Waals surface area contributed by atoms with Crippen molar-refractivity contribution in [3.05, 3.63) is 57.9 Å². The van der Waals surface area contributed by atoms with Crippen molar-refractivity contribution >= 4 is 23.2 Å². The molecule has 2 rings (SSSR count). The fourth-order valence-corrected chi connectivity index (χ4v) is 1.41. The van der Waals surface area contributed by atoms with Crippen molar-refractivity contribution in [1.82, 2.24) is 4.98 Å². The summed E-state index contributed by atoms with van der Waals surface area (Å²) in [5, 5.41) is 2.47. The van der Waals surface area contributed by atoms with Gasteiger partial charge in [-0.1, -0.05) is 11.6 Å². The van der Waals surface area contributed by atoms with Gasteiger partial charge in [-0.05, 0) is 24.3 Å². The van der Waals surface area contributed by atoms with E-state index in [1.165, 1.54) is 30.7 Å². The maximum Gasteiger partial charge on any atom is 0.359 e. The van der Waals surface area contributed by atoms with E-state index in [0.717, 1.165) is 0 Å². The second kappa shape index (κ2) is 4.80. The lowest BCUT2D eigenvalue weighted by atomic mass is 10.2. The van der Waals surface area contributed by atoms with Crippen LogP contribution < -0.4 is 10.9 Å². The van der Waals surface area contributed by atoms with Crippen LogP contribution in [0.2, 0.25) is 5.15 Å². The number of carbonyl (C=O) groups excluding carboxylic acids is 1. The molecule has 0 saturated heterocycles. The van der Waals surface area contributed by atoms with Crippen molar-refractivity contribution in [3.63, 3.8) is 0 Å². The molecule has 86 valence electrons. The first-order valence-corrected chi connectivity index (χ1v) is 5.06. The minimum Gasteiger partial charge on any atom is -0.430 e. The van der Waals surface area contributed by atoms with Crippen LogP contribution in [0.1, 0.15) is 10.4 Å². The van der Waals surface area contributed by atoms with Crippen LogP contribution in [0, 0.1) is 0 Å². The van der Waals surface area contributed by atoms with Crippen LogP contribution in [0.4, 0.5) is 5.69 Å². The van der Waals surface area contributed by atoms with E-state index >= 15 is 0 Å². The first-order chi connectivity index (χ1) is 8.18. The van der Waals surface area contributed by atoms with E-state index < -0.39 is 11.5 Å². The van der Waals surface area contributed by atoms with Gasteiger partial charge in [-0.25, -0.2) is 9.78 Å². The molecule has 0 atom stereocenters. The van der Waals surface area contributed by atoms with Crippen LogP contribution in [0.25, 0.3) is 0 Å². The highest BCUT2D eigenvalue weighted by Gasteiger charge is 2.12. The Balaban J connectivity index is 2.27. The number of halogens is 1. The molecule has 0 bridgehead atoms. The zero-order chi connectivity index (χ0) is 12.3. The standard InChI is InChI=1S/C11H7ClN2O3/c12-9-7(3-1-5-13-9)10(15)14-8-4-2-6-17-11(8)16/h1-6H,(H,14,15). The highest BCUT2D eigenvalue weighted by atomic mass is 35.5. The third-order valence-corrected chi connectivity index (χ3v) is 2.29. The number of nitrogens with zero attached hydrogens (tertiary/aromatic N) is 1. The lowest BCUT2D eigenvalue weighted by molar-refractivity contribution is 0.102. The van der Waals surface area contributed by atoms with Gasteiger partial charge in [-0.3, -0.25) is 4.79 Å². The quantitative estimate of drug-likeness (QED) is 0.827. The molecular weight excluding hydrogens is 244 g/mol. The van der Waals surface area contributed by atoms with Crippen LogP contribution in [-0.4, -0.2) is 10.9 Å².